The molecule has 1 aromatic rings. The van der Waals surface area contributed by atoms with Crippen molar-refractivity contribution in [3.63, 3.8) is 0 Å². The van der Waals surface area contributed by atoms with Gasteiger partial charge in [-0.25, -0.2) is 0 Å². The third-order valence-electron chi connectivity index (χ3n) is 2.37. The van der Waals surface area contributed by atoms with Crippen LogP contribution in [0.2, 0.25) is 0 Å². The van der Waals surface area contributed by atoms with E-state index in [0.717, 1.165) is 29.7 Å². The normalized spacial score (nSPS) is 9.71. The number of carbonyl (C=O) groups excluding carboxylic acids is 1. The minimum absolute atomic E-state index is 0.000587. The summed E-state index contributed by atoms with van der Waals surface area (Å²) in [6.07, 6.45) is 2.51. The quantitative estimate of drug-likeness (QED) is 0.344. The Hall–Kier alpha value is -1.52. The van der Waals surface area contributed by atoms with Crippen LogP contribution in [0.5, 0.6) is 0 Å². The molecule has 0 radical (unpaired) electrons. The van der Waals surface area contributed by atoms with Gasteiger partial charge in [-0.05, 0) is 41.8 Å². The molecule has 0 spiro atoms. The average Bonchev–Trinajstić information content (AvgIpc) is 2.81. The van der Waals surface area contributed by atoms with Crippen LogP contribution < -0.4 is 5.32 Å². The number of nitrogens with one attached hydrogen (secondary N) is 1. The summed E-state index contributed by atoms with van der Waals surface area (Å²) in [5.41, 5.74) is 9.18. The fourth-order valence-corrected chi connectivity index (χ4v) is 2.36. The zero-order chi connectivity index (χ0) is 12.5. The van der Waals surface area contributed by atoms with Gasteiger partial charge in [-0.15, -0.1) is 11.3 Å². The maximum atomic E-state index is 11.8. The molecule has 0 atom stereocenters. The topological polar surface area (TPSA) is 77.9 Å². The Balaban J connectivity index is 2.28. The molecular formula is C11H16N4OS. The minimum atomic E-state index is 0.000587. The lowest BCUT2D eigenvalue weighted by Crippen LogP contribution is -2.24. The predicted molar refractivity (Wildman–Crippen MR) is 69.3 cm³/mol. The van der Waals surface area contributed by atoms with E-state index in [1.165, 1.54) is 11.3 Å². The molecular weight excluding hydrogens is 236 g/mol. The van der Waals surface area contributed by atoms with E-state index < -0.39 is 0 Å². The first-order valence-corrected chi connectivity index (χ1v) is 6.53. The summed E-state index contributed by atoms with van der Waals surface area (Å²) in [5.74, 6) is 0.000587. The van der Waals surface area contributed by atoms with Crippen LogP contribution in [0.1, 0.15) is 35.0 Å². The average molecular weight is 252 g/mol. The molecule has 0 aromatic carbocycles. The molecule has 0 unspecified atom stereocenters. The molecule has 0 aliphatic carbocycles. The third kappa shape index (κ3) is 4.46. The van der Waals surface area contributed by atoms with Gasteiger partial charge < -0.3 is 5.32 Å². The number of thiophene rings is 1. The van der Waals surface area contributed by atoms with Crippen LogP contribution in [0.15, 0.2) is 16.6 Å². The Morgan fingerprint density at radius 2 is 2.41 bits per heavy atom. The number of rotatable bonds is 7. The first-order valence-electron chi connectivity index (χ1n) is 5.65. The van der Waals surface area contributed by atoms with E-state index >= 15 is 0 Å². The van der Waals surface area contributed by atoms with Crippen molar-refractivity contribution in [3.05, 3.63) is 32.3 Å². The largest absolute Gasteiger partial charge is 0.351 e. The van der Waals surface area contributed by atoms with Gasteiger partial charge in [0.1, 0.15) is 0 Å². The van der Waals surface area contributed by atoms with Gasteiger partial charge in [-0.1, -0.05) is 12.0 Å². The first-order chi connectivity index (χ1) is 8.29. The number of unbranched alkanes of at least 4 members (excludes halogenated alkanes) is 1. The van der Waals surface area contributed by atoms with Gasteiger partial charge in [0.15, 0.2) is 0 Å². The predicted octanol–water partition coefficient (Wildman–Crippen LogP) is 3.13. The highest BCUT2D eigenvalue weighted by Crippen LogP contribution is 2.16. The highest BCUT2D eigenvalue weighted by Gasteiger charge is 2.10. The van der Waals surface area contributed by atoms with Crippen molar-refractivity contribution in [1.82, 2.24) is 5.32 Å². The molecule has 17 heavy (non-hydrogen) atoms. The highest BCUT2D eigenvalue weighted by atomic mass is 32.1. The lowest BCUT2D eigenvalue weighted by Gasteiger charge is -2.04. The van der Waals surface area contributed by atoms with Gasteiger partial charge >= 0.3 is 0 Å². The maximum Gasteiger partial charge on any atom is 0.261 e. The summed E-state index contributed by atoms with van der Waals surface area (Å²) >= 11 is 1.48. The van der Waals surface area contributed by atoms with E-state index in [-0.39, 0.29) is 5.91 Å². The molecule has 0 aliphatic heterocycles. The van der Waals surface area contributed by atoms with Gasteiger partial charge in [-0.3, -0.25) is 4.79 Å². The van der Waals surface area contributed by atoms with Crippen molar-refractivity contribution in [2.75, 3.05) is 13.1 Å². The van der Waals surface area contributed by atoms with E-state index in [9.17, 15) is 4.79 Å². The number of hydrogen-bond donors (Lipinski definition) is 1. The van der Waals surface area contributed by atoms with Crippen LogP contribution in [0.25, 0.3) is 10.4 Å². The molecule has 0 saturated carbocycles. The van der Waals surface area contributed by atoms with Crippen molar-refractivity contribution in [1.29, 1.82) is 0 Å². The second kappa shape index (κ2) is 7.70. The van der Waals surface area contributed by atoms with Crippen LogP contribution >= 0.6 is 11.3 Å². The number of azide groups is 1. The second-order valence-electron chi connectivity index (χ2n) is 3.55. The molecule has 5 nitrogen and oxygen atoms in total. The zero-order valence-electron chi connectivity index (χ0n) is 9.85. The Labute approximate surface area is 104 Å². The summed E-state index contributed by atoms with van der Waals surface area (Å²) in [5, 5.41) is 8.25. The monoisotopic (exact) mass is 252 g/mol. The van der Waals surface area contributed by atoms with Gasteiger partial charge in [-0.2, -0.15) is 0 Å². The molecule has 1 aromatic heterocycles. The van der Waals surface area contributed by atoms with E-state index in [4.69, 9.17) is 5.53 Å². The van der Waals surface area contributed by atoms with Gasteiger partial charge in [0.05, 0.1) is 4.88 Å². The van der Waals surface area contributed by atoms with Crippen LogP contribution in [-0.4, -0.2) is 19.0 Å². The van der Waals surface area contributed by atoms with E-state index in [1.54, 1.807) is 0 Å². The second-order valence-corrected chi connectivity index (χ2v) is 4.46. The number of nitrogens with zero attached hydrogens (tertiary/aromatic N) is 3. The minimum Gasteiger partial charge on any atom is -0.351 e. The fourth-order valence-electron chi connectivity index (χ4n) is 1.45. The summed E-state index contributed by atoms with van der Waals surface area (Å²) in [6.45, 7) is 3.16. The molecule has 1 amide bonds. The first kappa shape index (κ1) is 13.5. The summed E-state index contributed by atoms with van der Waals surface area (Å²) in [6, 6.07) is 1.99. The number of hydrogen-bond acceptors (Lipinski definition) is 3. The van der Waals surface area contributed by atoms with E-state index in [0.29, 0.717) is 13.1 Å². The molecule has 1 rings (SSSR count). The lowest BCUT2D eigenvalue weighted by atomic mass is 10.2. The van der Waals surface area contributed by atoms with Crippen molar-refractivity contribution in [3.8, 4) is 0 Å². The molecule has 0 saturated heterocycles. The van der Waals surface area contributed by atoms with Gasteiger partial charge in [0, 0.05) is 18.0 Å². The Morgan fingerprint density at radius 3 is 3.12 bits per heavy atom. The van der Waals surface area contributed by atoms with Gasteiger partial charge in [0.2, 0.25) is 0 Å². The number of amides is 1. The van der Waals surface area contributed by atoms with Crippen LogP contribution in [0.3, 0.4) is 0 Å². The zero-order valence-corrected chi connectivity index (χ0v) is 10.7. The maximum absolute atomic E-state index is 11.8. The molecule has 92 valence electrons. The van der Waals surface area contributed by atoms with Crippen molar-refractivity contribution >= 4 is 17.2 Å². The SMILES string of the molecule is CCc1ccsc1C(=O)NCCCCN=[N+]=[N-]. The molecule has 1 heterocycles. The highest BCUT2D eigenvalue weighted by molar-refractivity contribution is 7.12. The van der Waals surface area contributed by atoms with Gasteiger partial charge in [0.25, 0.3) is 5.91 Å². The van der Waals surface area contributed by atoms with E-state index in [1.807, 2.05) is 18.4 Å². The lowest BCUT2D eigenvalue weighted by molar-refractivity contribution is 0.0956. The standard InChI is InChI=1S/C11H16N4OS/c1-2-9-5-8-17-10(9)11(16)13-6-3-4-7-14-15-12/h5,8H,2-4,6-7H2,1H3,(H,13,16). The van der Waals surface area contributed by atoms with Crippen LogP contribution in [-0.2, 0) is 6.42 Å². The summed E-state index contributed by atoms with van der Waals surface area (Å²) in [7, 11) is 0. The van der Waals surface area contributed by atoms with E-state index in [2.05, 4.69) is 15.3 Å². The molecule has 0 bridgehead atoms. The number of carbonyl (C=O) groups is 1. The Bertz CT molecular complexity index is 409. The van der Waals surface area contributed by atoms with Crippen LogP contribution in [0.4, 0.5) is 0 Å². The summed E-state index contributed by atoms with van der Waals surface area (Å²) < 4.78 is 0. The molecule has 1 N–H and O–H groups in total. The third-order valence-corrected chi connectivity index (χ3v) is 3.32. The smallest absolute Gasteiger partial charge is 0.261 e. The number of aryl methyl sites for hydroxylation is 1. The van der Waals surface area contributed by atoms with Crippen molar-refractivity contribution < 1.29 is 4.79 Å². The summed E-state index contributed by atoms with van der Waals surface area (Å²) in [4.78, 5) is 15.3. The van der Waals surface area contributed by atoms with Crippen molar-refractivity contribution in [2.24, 2.45) is 5.11 Å². The fraction of sp³-hybridized carbons (Fsp3) is 0.545. The molecule has 0 fully saturated rings. The Morgan fingerprint density at radius 1 is 1.59 bits per heavy atom. The van der Waals surface area contributed by atoms with Crippen LogP contribution in [0, 0.1) is 0 Å². The molecule has 0 aliphatic rings. The Kier molecular flexibility index (Phi) is 6.14. The molecule has 6 heteroatoms. The van der Waals surface area contributed by atoms with Crippen molar-refractivity contribution in [2.45, 2.75) is 26.2 Å².